The summed E-state index contributed by atoms with van der Waals surface area (Å²) in [6, 6.07) is 10.3. The summed E-state index contributed by atoms with van der Waals surface area (Å²) in [5, 5.41) is 4.35. The second-order valence-electron chi connectivity index (χ2n) is 12.6. The number of hydrogen-bond acceptors (Lipinski definition) is 7. The van der Waals surface area contributed by atoms with Crippen molar-refractivity contribution in [3.05, 3.63) is 69.8 Å². The molecule has 46 heavy (non-hydrogen) atoms. The number of carbonyl (C=O) groups is 2. The van der Waals surface area contributed by atoms with E-state index in [0.717, 1.165) is 5.56 Å². The normalized spacial score (nSPS) is 18.8. The zero-order valence-corrected chi connectivity index (χ0v) is 28.0. The van der Waals surface area contributed by atoms with Crippen molar-refractivity contribution in [2.24, 2.45) is 5.92 Å². The molecule has 2 atom stereocenters. The van der Waals surface area contributed by atoms with Gasteiger partial charge in [-0.05, 0) is 100 Å². The molecule has 1 fully saturated rings. The zero-order chi connectivity index (χ0) is 33.4. The molecule has 0 bridgehead atoms. The van der Waals surface area contributed by atoms with E-state index in [-0.39, 0.29) is 36.5 Å². The third kappa shape index (κ3) is 7.47. The van der Waals surface area contributed by atoms with Gasteiger partial charge in [0.25, 0.3) is 0 Å². The van der Waals surface area contributed by atoms with E-state index < -0.39 is 29.0 Å². The van der Waals surface area contributed by atoms with Gasteiger partial charge < -0.3 is 19.1 Å². The van der Waals surface area contributed by atoms with Crippen LogP contribution in [-0.4, -0.2) is 56.8 Å². The van der Waals surface area contributed by atoms with Gasteiger partial charge in [-0.15, -0.1) is 10.2 Å². The first-order valence-corrected chi connectivity index (χ1v) is 16.1. The number of likely N-dealkylation sites (tertiary alicyclic amines) is 1. The van der Waals surface area contributed by atoms with Gasteiger partial charge >= 0.3 is 11.4 Å². The topological polar surface area (TPSA) is 95.8 Å². The monoisotopic (exact) mass is 678 g/mol. The highest BCUT2D eigenvalue weighted by Crippen LogP contribution is 2.46. The molecule has 3 aromatic rings. The van der Waals surface area contributed by atoms with Gasteiger partial charge in [0.1, 0.15) is 23.6 Å². The van der Waals surface area contributed by atoms with E-state index >= 15 is 0 Å². The minimum Gasteiger partial charge on any atom is -0.494 e. The number of alkyl halides is 3. The third-order valence-corrected chi connectivity index (χ3v) is 8.56. The second-order valence-corrected chi connectivity index (χ2v) is 13.6. The van der Waals surface area contributed by atoms with Crippen molar-refractivity contribution in [3.8, 4) is 11.4 Å². The van der Waals surface area contributed by atoms with Crippen LogP contribution >= 0.6 is 23.2 Å². The Morgan fingerprint density at radius 2 is 1.78 bits per heavy atom. The molecule has 0 unspecified atom stereocenters. The van der Waals surface area contributed by atoms with Crippen LogP contribution in [0.4, 0.5) is 8.78 Å². The summed E-state index contributed by atoms with van der Waals surface area (Å²) < 4.78 is 48.7. The number of amides is 1. The molecule has 3 heterocycles. The number of benzene rings is 2. The number of rotatable bonds is 8. The number of esters is 1. The summed E-state index contributed by atoms with van der Waals surface area (Å²) in [5.41, 5.74) is 1.73. The van der Waals surface area contributed by atoms with Crippen LogP contribution in [0.2, 0.25) is 5.02 Å². The summed E-state index contributed by atoms with van der Waals surface area (Å²) in [7, 11) is 0. The van der Waals surface area contributed by atoms with Gasteiger partial charge in [0.05, 0.1) is 18.7 Å². The number of aromatic nitrogens is 3. The average molecular weight is 680 g/mol. The average Bonchev–Trinajstić information content (AvgIpc) is 3.37. The lowest BCUT2D eigenvalue weighted by Gasteiger charge is -2.33. The van der Waals surface area contributed by atoms with E-state index in [1.807, 2.05) is 52.8 Å². The number of halogens is 4. The van der Waals surface area contributed by atoms with E-state index in [1.165, 1.54) is 4.57 Å². The number of nitrogens with zero attached hydrogens (tertiary/aromatic N) is 4. The van der Waals surface area contributed by atoms with Gasteiger partial charge in [-0.1, -0.05) is 23.7 Å². The van der Waals surface area contributed by atoms with E-state index in [4.69, 9.17) is 37.4 Å². The SMILES string of the molecule is CCOc1cccc([C@H]2O[C@H](CC(=O)N3CCC(CC(=O)OC(C)(C)C)CC3)c3nnc(C(F)(F)Cl)n3-c3ccc(Cl)cc32)c1C. The molecule has 1 saturated heterocycles. The van der Waals surface area contributed by atoms with Crippen molar-refractivity contribution in [1.29, 1.82) is 0 Å². The lowest BCUT2D eigenvalue weighted by atomic mass is 9.93. The molecular formula is C33H38Cl2F2N4O5. The maximum Gasteiger partial charge on any atom is 0.382 e. The minimum absolute atomic E-state index is 0.0215. The van der Waals surface area contributed by atoms with Crippen LogP contribution in [0.1, 0.15) is 93.9 Å². The quantitative estimate of drug-likeness (QED) is 0.181. The minimum atomic E-state index is -3.86. The summed E-state index contributed by atoms with van der Waals surface area (Å²) >= 11 is 12.0. The highest BCUT2D eigenvalue weighted by molar-refractivity contribution is 6.30. The van der Waals surface area contributed by atoms with E-state index in [9.17, 15) is 18.4 Å². The first kappa shape index (κ1) is 34.1. The Labute approximate surface area is 277 Å². The Morgan fingerprint density at radius 3 is 2.43 bits per heavy atom. The lowest BCUT2D eigenvalue weighted by molar-refractivity contribution is -0.156. The van der Waals surface area contributed by atoms with Crippen LogP contribution < -0.4 is 4.74 Å². The van der Waals surface area contributed by atoms with Crippen LogP contribution in [0.15, 0.2) is 36.4 Å². The molecule has 2 aromatic carbocycles. The molecule has 1 aromatic heterocycles. The molecule has 0 aliphatic carbocycles. The molecule has 2 aliphatic rings. The molecule has 5 rings (SSSR count). The Kier molecular flexibility index (Phi) is 9.96. The Balaban J connectivity index is 1.47. The lowest BCUT2D eigenvalue weighted by Crippen LogP contribution is -2.40. The summed E-state index contributed by atoms with van der Waals surface area (Å²) in [4.78, 5) is 27.8. The molecule has 248 valence electrons. The predicted octanol–water partition coefficient (Wildman–Crippen LogP) is 7.44. The molecular weight excluding hydrogens is 641 g/mol. The van der Waals surface area contributed by atoms with Crippen molar-refractivity contribution in [2.75, 3.05) is 19.7 Å². The van der Waals surface area contributed by atoms with E-state index in [2.05, 4.69) is 10.2 Å². The predicted molar refractivity (Wildman–Crippen MR) is 169 cm³/mol. The van der Waals surface area contributed by atoms with Crippen molar-refractivity contribution >= 4 is 35.1 Å². The Morgan fingerprint density at radius 1 is 1.07 bits per heavy atom. The molecule has 1 amide bonds. The summed E-state index contributed by atoms with van der Waals surface area (Å²) in [6.45, 7) is 10.6. The van der Waals surface area contributed by atoms with Crippen molar-refractivity contribution < 1.29 is 32.6 Å². The fourth-order valence-electron chi connectivity index (χ4n) is 6.06. The smallest absolute Gasteiger partial charge is 0.382 e. The van der Waals surface area contributed by atoms with Crippen LogP contribution in [0.5, 0.6) is 5.75 Å². The van der Waals surface area contributed by atoms with E-state index in [1.54, 1.807) is 23.1 Å². The standard InChI is InChI=1S/C33H38Cl2F2N4O5/c1-6-44-25-9-7-8-22(19(25)2)29-23-17-21(34)10-11-24(23)41-30(38-39-31(41)33(35,36)37)26(45-29)18-27(42)40-14-12-20(13-15-40)16-28(43)46-32(3,4)5/h7-11,17,20,26,29H,6,12-16,18H2,1-5H3/t26-,29-/m1/s1. The summed E-state index contributed by atoms with van der Waals surface area (Å²) in [5.74, 6) is -0.535. The van der Waals surface area contributed by atoms with Crippen molar-refractivity contribution in [3.63, 3.8) is 0 Å². The molecule has 9 nitrogen and oxygen atoms in total. The number of ether oxygens (including phenoxy) is 3. The van der Waals surface area contributed by atoms with Crippen molar-refractivity contribution in [2.45, 2.75) is 83.5 Å². The number of carbonyl (C=O) groups excluding carboxylic acids is 2. The molecule has 0 N–H and O–H groups in total. The van der Waals surface area contributed by atoms with Gasteiger partial charge in [0, 0.05) is 30.1 Å². The van der Waals surface area contributed by atoms with Crippen LogP contribution in [0.3, 0.4) is 0 Å². The molecule has 2 aliphatic heterocycles. The highest BCUT2D eigenvalue weighted by atomic mass is 35.5. The highest BCUT2D eigenvalue weighted by Gasteiger charge is 2.42. The fraction of sp³-hybridized carbons (Fsp3) is 0.515. The maximum atomic E-state index is 14.8. The van der Waals surface area contributed by atoms with Gasteiger partial charge in [-0.25, -0.2) is 0 Å². The first-order valence-electron chi connectivity index (χ1n) is 15.4. The molecule has 13 heteroatoms. The van der Waals surface area contributed by atoms with E-state index in [0.29, 0.717) is 60.1 Å². The van der Waals surface area contributed by atoms with Crippen LogP contribution in [0, 0.1) is 12.8 Å². The molecule has 0 radical (unpaired) electrons. The summed E-state index contributed by atoms with van der Waals surface area (Å²) in [6.07, 6.45) is -0.544. The van der Waals surface area contributed by atoms with Gasteiger partial charge in [-0.2, -0.15) is 8.78 Å². The molecule has 0 saturated carbocycles. The second kappa shape index (κ2) is 13.4. The largest absolute Gasteiger partial charge is 0.494 e. The Hall–Kier alpha value is -3.28. The number of fused-ring (bicyclic) bond motifs is 3. The first-order chi connectivity index (χ1) is 21.7. The molecule has 0 spiro atoms. The van der Waals surface area contributed by atoms with Gasteiger partial charge in [0.2, 0.25) is 11.7 Å². The fourth-order valence-corrected chi connectivity index (χ4v) is 6.37. The maximum absolute atomic E-state index is 14.8. The third-order valence-electron chi connectivity index (χ3n) is 8.15. The van der Waals surface area contributed by atoms with Gasteiger partial charge in [-0.3, -0.25) is 14.2 Å². The van der Waals surface area contributed by atoms with Crippen LogP contribution in [-0.2, 0) is 24.4 Å². The number of piperidine rings is 1. The van der Waals surface area contributed by atoms with Crippen LogP contribution in [0.25, 0.3) is 5.69 Å². The number of hydrogen-bond donors (Lipinski definition) is 0. The zero-order valence-electron chi connectivity index (χ0n) is 26.5. The van der Waals surface area contributed by atoms with Gasteiger partial charge in [0.15, 0.2) is 5.82 Å². The Bertz CT molecular complexity index is 1600. The van der Waals surface area contributed by atoms with Crippen molar-refractivity contribution in [1.82, 2.24) is 19.7 Å².